The first-order valence-electron chi connectivity index (χ1n) is 7.00. The van der Waals surface area contributed by atoms with Gasteiger partial charge in [0.05, 0.1) is 5.54 Å². The van der Waals surface area contributed by atoms with Gasteiger partial charge in [-0.05, 0) is 37.0 Å². The second-order valence-corrected chi connectivity index (χ2v) is 6.32. The van der Waals surface area contributed by atoms with Crippen molar-refractivity contribution in [1.29, 1.82) is 0 Å². The van der Waals surface area contributed by atoms with Crippen molar-refractivity contribution in [3.63, 3.8) is 0 Å². The number of amides is 1. The molecule has 1 aliphatic rings. The molecule has 0 atom stereocenters. The first-order chi connectivity index (χ1) is 9.54. The van der Waals surface area contributed by atoms with E-state index in [0.717, 1.165) is 31.2 Å². The number of carbonyl (C=O) groups is 1. The zero-order valence-electron chi connectivity index (χ0n) is 11.4. The van der Waals surface area contributed by atoms with E-state index in [1.54, 1.807) is 12.1 Å². The summed E-state index contributed by atoms with van der Waals surface area (Å²) in [6, 6.07) is 5.36. The maximum absolute atomic E-state index is 12.1. The molecule has 1 aliphatic carbocycles. The molecule has 1 aromatic rings. The summed E-state index contributed by atoms with van der Waals surface area (Å²) in [5.74, 6) is 0.0448. The van der Waals surface area contributed by atoms with Crippen LogP contribution >= 0.6 is 23.2 Å². The first kappa shape index (κ1) is 15.6. The van der Waals surface area contributed by atoms with E-state index >= 15 is 0 Å². The molecule has 0 radical (unpaired) electrons. The monoisotopic (exact) mass is 314 g/mol. The number of nitrogens with one attached hydrogen (secondary N) is 1. The maximum Gasteiger partial charge on any atom is 0.220 e. The summed E-state index contributed by atoms with van der Waals surface area (Å²) in [6.45, 7) is 0.514. The van der Waals surface area contributed by atoms with Gasteiger partial charge in [-0.3, -0.25) is 4.79 Å². The van der Waals surface area contributed by atoms with Crippen molar-refractivity contribution >= 4 is 29.1 Å². The molecule has 20 heavy (non-hydrogen) atoms. The molecule has 1 saturated carbocycles. The summed E-state index contributed by atoms with van der Waals surface area (Å²) in [5.41, 5.74) is 6.58. The van der Waals surface area contributed by atoms with Gasteiger partial charge in [0.15, 0.2) is 0 Å². The van der Waals surface area contributed by atoms with E-state index in [1.165, 1.54) is 0 Å². The van der Waals surface area contributed by atoms with Gasteiger partial charge < -0.3 is 11.1 Å². The number of halogens is 2. The van der Waals surface area contributed by atoms with E-state index < -0.39 is 0 Å². The number of rotatable bonds is 5. The summed E-state index contributed by atoms with van der Waals surface area (Å²) in [4.78, 5) is 12.1. The van der Waals surface area contributed by atoms with Gasteiger partial charge in [0.2, 0.25) is 5.91 Å². The van der Waals surface area contributed by atoms with E-state index in [-0.39, 0.29) is 11.4 Å². The highest BCUT2D eigenvalue weighted by atomic mass is 35.5. The highest BCUT2D eigenvalue weighted by molar-refractivity contribution is 6.35. The van der Waals surface area contributed by atoms with Crippen molar-refractivity contribution in [2.24, 2.45) is 5.73 Å². The van der Waals surface area contributed by atoms with Crippen LogP contribution in [0.1, 0.15) is 37.7 Å². The van der Waals surface area contributed by atoms with Gasteiger partial charge >= 0.3 is 0 Å². The molecule has 3 nitrogen and oxygen atoms in total. The third kappa shape index (κ3) is 3.87. The second kappa shape index (κ2) is 6.79. The van der Waals surface area contributed by atoms with Crippen LogP contribution in [0.25, 0.3) is 0 Å². The lowest BCUT2D eigenvalue weighted by Crippen LogP contribution is -2.51. The van der Waals surface area contributed by atoms with E-state index in [4.69, 9.17) is 28.9 Å². The molecule has 1 amide bonds. The number of nitrogens with two attached hydrogens (primary N) is 1. The highest BCUT2D eigenvalue weighted by Crippen LogP contribution is 2.29. The second-order valence-electron chi connectivity index (χ2n) is 5.48. The smallest absolute Gasteiger partial charge is 0.220 e. The Balaban J connectivity index is 1.89. The topological polar surface area (TPSA) is 55.1 Å². The standard InChI is InChI=1S/C15H20Cl2N2O/c16-12-5-3-11(13(17)9-12)4-6-14(20)19-15(10-18)7-1-2-8-15/h3,5,9H,1-2,4,6-8,10,18H2,(H,19,20). The summed E-state index contributed by atoms with van der Waals surface area (Å²) in [6.07, 6.45) is 5.28. The molecule has 5 heteroatoms. The number of aryl methyl sites for hydroxylation is 1. The average molecular weight is 315 g/mol. The Morgan fingerprint density at radius 1 is 1.30 bits per heavy atom. The van der Waals surface area contributed by atoms with Crippen molar-refractivity contribution in [2.45, 2.75) is 44.1 Å². The first-order valence-corrected chi connectivity index (χ1v) is 7.75. The number of hydrogen-bond donors (Lipinski definition) is 2. The Labute approximate surface area is 129 Å². The minimum absolute atomic E-state index is 0.0448. The minimum Gasteiger partial charge on any atom is -0.349 e. The van der Waals surface area contributed by atoms with E-state index in [2.05, 4.69) is 5.32 Å². The van der Waals surface area contributed by atoms with Crippen LogP contribution in [0.4, 0.5) is 0 Å². The average Bonchev–Trinajstić information content (AvgIpc) is 2.87. The number of hydrogen-bond acceptors (Lipinski definition) is 2. The van der Waals surface area contributed by atoms with Gasteiger partial charge in [0.1, 0.15) is 0 Å². The molecular formula is C15H20Cl2N2O. The Hall–Kier alpha value is -0.770. The zero-order valence-corrected chi connectivity index (χ0v) is 12.9. The number of benzene rings is 1. The Morgan fingerprint density at radius 2 is 2.00 bits per heavy atom. The summed E-state index contributed by atoms with van der Waals surface area (Å²) in [5, 5.41) is 4.33. The van der Waals surface area contributed by atoms with Crippen LogP contribution in [0.5, 0.6) is 0 Å². The fourth-order valence-electron chi connectivity index (χ4n) is 2.76. The van der Waals surface area contributed by atoms with Crippen LogP contribution in [0.3, 0.4) is 0 Å². The summed E-state index contributed by atoms with van der Waals surface area (Å²) >= 11 is 12.0. The van der Waals surface area contributed by atoms with Crippen molar-refractivity contribution < 1.29 is 4.79 Å². The van der Waals surface area contributed by atoms with Crippen LogP contribution in [0, 0.1) is 0 Å². The Morgan fingerprint density at radius 3 is 2.60 bits per heavy atom. The Bertz CT molecular complexity index is 485. The molecule has 1 aromatic carbocycles. The summed E-state index contributed by atoms with van der Waals surface area (Å²) < 4.78 is 0. The van der Waals surface area contributed by atoms with Gasteiger partial charge in [-0.2, -0.15) is 0 Å². The number of carbonyl (C=O) groups excluding carboxylic acids is 1. The Kier molecular flexibility index (Phi) is 5.30. The molecule has 0 aromatic heterocycles. The minimum atomic E-state index is -0.180. The predicted octanol–water partition coefficient (Wildman–Crippen LogP) is 3.31. The third-order valence-electron chi connectivity index (χ3n) is 3.99. The van der Waals surface area contributed by atoms with Gasteiger partial charge in [-0.15, -0.1) is 0 Å². The lowest BCUT2D eigenvalue weighted by Gasteiger charge is -2.28. The molecule has 1 fully saturated rings. The van der Waals surface area contributed by atoms with Gasteiger partial charge in [0, 0.05) is 23.0 Å². The highest BCUT2D eigenvalue weighted by Gasteiger charge is 2.33. The largest absolute Gasteiger partial charge is 0.349 e. The fourth-order valence-corrected chi connectivity index (χ4v) is 3.27. The van der Waals surface area contributed by atoms with Crippen LogP contribution < -0.4 is 11.1 Å². The molecule has 0 heterocycles. The van der Waals surface area contributed by atoms with E-state index in [0.29, 0.717) is 29.4 Å². The molecule has 110 valence electrons. The van der Waals surface area contributed by atoms with Crippen molar-refractivity contribution in [3.8, 4) is 0 Å². The molecule has 0 unspecified atom stereocenters. The van der Waals surface area contributed by atoms with Crippen LogP contribution in [-0.4, -0.2) is 18.0 Å². The fraction of sp³-hybridized carbons (Fsp3) is 0.533. The van der Waals surface area contributed by atoms with E-state index in [9.17, 15) is 4.79 Å². The third-order valence-corrected chi connectivity index (χ3v) is 4.58. The van der Waals surface area contributed by atoms with Gasteiger partial charge in [0.25, 0.3) is 0 Å². The van der Waals surface area contributed by atoms with Gasteiger partial charge in [-0.25, -0.2) is 0 Å². The van der Waals surface area contributed by atoms with Crippen LogP contribution in [0.15, 0.2) is 18.2 Å². The predicted molar refractivity (Wildman–Crippen MR) is 83.2 cm³/mol. The summed E-state index contributed by atoms with van der Waals surface area (Å²) in [7, 11) is 0. The SMILES string of the molecule is NCC1(NC(=O)CCc2ccc(Cl)cc2Cl)CCCC1. The molecule has 2 rings (SSSR count). The van der Waals surface area contributed by atoms with Crippen LogP contribution in [-0.2, 0) is 11.2 Å². The van der Waals surface area contributed by atoms with Crippen molar-refractivity contribution in [1.82, 2.24) is 5.32 Å². The zero-order chi connectivity index (χ0) is 14.6. The van der Waals surface area contributed by atoms with E-state index in [1.807, 2.05) is 6.07 Å². The van der Waals surface area contributed by atoms with Crippen molar-refractivity contribution in [2.75, 3.05) is 6.54 Å². The van der Waals surface area contributed by atoms with Crippen LogP contribution in [0.2, 0.25) is 10.0 Å². The lowest BCUT2D eigenvalue weighted by atomic mass is 9.97. The molecule has 0 saturated heterocycles. The maximum atomic E-state index is 12.1. The molecular weight excluding hydrogens is 295 g/mol. The van der Waals surface area contributed by atoms with Crippen molar-refractivity contribution in [3.05, 3.63) is 33.8 Å². The molecule has 3 N–H and O–H groups in total. The quantitative estimate of drug-likeness (QED) is 0.876. The lowest BCUT2D eigenvalue weighted by molar-refractivity contribution is -0.122. The normalized spacial score (nSPS) is 17.1. The molecule has 0 aliphatic heterocycles. The van der Waals surface area contributed by atoms with Gasteiger partial charge in [-0.1, -0.05) is 42.1 Å². The molecule has 0 spiro atoms. The molecule has 0 bridgehead atoms.